The first-order valence-electron chi connectivity index (χ1n) is 11.8. The summed E-state index contributed by atoms with van der Waals surface area (Å²) in [5.74, 6) is -1.66. The lowest BCUT2D eigenvalue weighted by atomic mass is 10.0. The molecule has 0 saturated carbocycles. The molecule has 2 aromatic rings. The van der Waals surface area contributed by atoms with Crippen molar-refractivity contribution in [1.82, 2.24) is 15.1 Å². The average Bonchev–Trinajstić information content (AvgIpc) is 2.93. The smallest absolute Gasteiger partial charge is 0.409 e. The second-order valence-corrected chi connectivity index (χ2v) is 10.2. The fourth-order valence-electron chi connectivity index (χ4n) is 4.29. The van der Waals surface area contributed by atoms with E-state index in [1.165, 1.54) is 7.05 Å². The number of ether oxygens (including phenoxy) is 2. The Balaban J connectivity index is 1.68. The summed E-state index contributed by atoms with van der Waals surface area (Å²) in [5, 5.41) is 10.5. The molecule has 1 saturated heterocycles. The van der Waals surface area contributed by atoms with Crippen LogP contribution in [0.5, 0.6) is 0 Å². The number of β-lactam (4-membered cyclic amide) rings is 1. The number of aliphatic hydroxyl groups is 1. The zero-order valence-electron chi connectivity index (χ0n) is 20.5. The average molecular weight is 542 g/mol. The van der Waals surface area contributed by atoms with E-state index in [9.17, 15) is 23.4 Å². The van der Waals surface area contributed by atoms with Gasteiger partial charge in [0.15, 0.2) is 6.10 Å². The molecule has 0 aromatic heterocycles. The van der Waals surface area contributed by atoms with Crippen molar-refractivity contribution in [2.75, 3.05) is 32.6 Å². The fourth-order valence-corrected chi connectivity index (χ4v) is 5.97. The van der Waals surface area contributed by atoms with Crippen LogP contribution in [-0.4, -0.2) is 87.5 Å². The van der Waals surface area contributed by atoms with Gasteiger partial charge in [0.1, 0.15) is 23.7 Å². The van der Waals surface area contributed by atoms with Crippen LogP contribution in [0.4, 0.5) is 4.79 Å². The molecule has 200 valence electrons. The number of hydrogen-bond acceptors (Lipinski definition) is 8. The number of rotatable bonds is 10. The van der Waals surface area contributed by atoms with Gasteiger partial charge in [-0.3, -0.25) is 18.7 Å². The van der Waals surface area contributed by atoms with Gasteiger partial charge in [0, 0.05) is 19.2 Å². The van der Waals surface area contributed by atoms with Gasteiger partial charge in [0.2, 0.25) is 6.41 Å². The standard InChI is InChI=1S/C26H27N3O8S/c1-28(12-13-30)26(34)36-14-19-15-38(35)24-20(27-16-31)23(32)29(24)21(19)25(33)37-22(17-8-4-2-5-9-17)18-10-6-3-7-11-18/h2-11,16,20,22,24,30H,12-15H2,1H3,(H,27,31)/t20-,24-,38?/m1/s1. The Morgan fingerprint density at radius 1 is 1.16 bits per heavy atom. The van der Waals surface area contributed by atoms with Gasteiger partial charge in [-0.25, -0.2) is 9.59 Å². The molecule has 0 aliphatic carbocycles. The second-order valence-electron chi connectivity index (χ2n) is 8.64. The number of fused-ring (bicyclic) bond motifs is 1. The Hall–Kier alpha value is -4.03. The van der Waals surface area contributed by atoms with Crippen molar-refractivity contribution in [1.29, 1.82) is 0 Å². The highest BCUT2D eigenvalue weighted by atomic mass is 32.2. The second kappa shape index (κ2) is 12.0. The van der Waals surface area contributed by atoms with Gasteiger partial charge >= 0.3 is 12.1 Å². The number of amides is 3. The van der Waals surface area contributed by atoms with Crippen LogP contribution < -0.4 is 5.32 Å². The lowest BCUT2D eigenvalue weighted by Gasteiger charge is -2.49. The molecule has 0 bridgehead atoms. The number of nitrogens with one attached hydrogen (secondary N) is 1. The predicted molar refractivity (Wildman–Crippen MR) is 136 cm³/mol. The van der Waals surface area contributed by atoms with Crippen molar-refractivity contribution in [3.63, 3.8) is 0 Å². The van der Waals surface area contributed by atoms with E-state index in [1.54, 1.807) is 48.5 Å². The molecule has 38 heavy (non-hydrogen) atoms. The van der Waals surface area contributed by atoms with Gasteiger partial charge in [0.25, 0.3) is 5.91 Å². The molecule has 3 amide bonds. The van der Waals surface area contributed by atoms with Gasteiger partial charge in [-0.1, -0.05) is 60.7 Å². The summed E-state index contributed by atoms with van der Waals surface area (Å²) in [6, 6.07) is 17.0. The van der Waals surface area contributed by atoms with E-state index in [4.69, 9.17) is 14.6 Å². The lowest BCUT2D eigenvalue weighted by molar-refractivity contribution is -0.154. The number of carbonyl (C=O) groups excluding carboxylic acids is 4. The van der Waals surface area contributed by atoms with Gasteiger partial charge in [0.05, 0.1) is 23.2 Å². The largest absolute Gasteiger partial charge is 0.448 e. The first-order valence-corrected chi connectivity index (χ1v) is 13.2. The molecule has 0 radical (unpaired) electrons. The Kier molecular flexibility index (Phi) is 8.54. The molecule has 3 atom stereocenters. The predicted octanol–water partition coefficient (Wildman–Crippen LogP) is 0.679. The normalized spacial score (nSPS) is 20.3. The minimum absolute atomic E-state index is 0.0280. The highest BCUT2D eigenvalue weighted by Gasteiger charge is 2.57. The summed E-state index contributed by atoms with van der Waals surface area (Å²) in [7, 11) is -0.261. The summed E-state index contributed by atoms with van der Waals surface area (Å²) < 4.78 is 24.2. The van der Waals surface area contributed by atoms with Crippen LogP contribution in [0.25, 0.3) is 0 Å². The minimum atomic E-state index is -1.69. The van der Waals surface area contributed by atoms with E-state index in [1.807, 2.05) is 12.1 Å². The maximum Gasteiger partial charge on any atom is 0.409 e. The van der Waals surface area contributed by atoms with E-state index in [2.05, 4.69) is 5.32 Å². The van der Waals surface area contributed by atoms with Gasteiger partial charge in [-0.15, -0.1) is 0 Å². The molecule has 0 spiro atoms. The van der Waals surface area contributed by atoms with Crippen molar-refractivity contribution in [2.24, 2.45) is 0 Å². The summed E-state index contributed by atoms with van der Waals surface area (Å²) in [5.41, 5.74) is 1.36. The van der Waals surface area contributed by atoms with Crippen LogP contribution in [0.3, 0.4) is 0 Å². The zero-order valence-corrected chi connectivity index (χ0v) is 21.3. The number of esters is 1. The van der Waals surface area contributed by atoms with Crippen molar-refractivity contribution >= 4 is 35.2 Å². The molecule has 2 heterocycles. The fraction of sp³-hybridized carbons (Fsp3) is 0.308. The molecule has 2 aromatic carbocycles. The number of nitrogens with zero attached hydrogens (tertiary/aromatic N) is 2. The topological polar surface area (TPSA) is 143 Å². The van der Waals surface area contributed by atoms with Gasteiger partial charge in [-0.05, 0) is 11.1 Å². The summed E-state index contributed by atoms with van der Waals surface area (Å²) in [6.45, 7) is -0.667. The van der Waals surface area contributed by atoms with E-state index in [0.717, 1.165) is 9.80 Å². The Morgan fingerprint density at radius 3 is 2.32 bits per heavy atom. The SMILES string of the molecule is CN(CCO)C(=O)OCC1=C(C(=O)OC(c2ccccc2)c2ccccc2)N2C(=O)[C@@H](NC=O)[C@H]2S(=O)C1. The van der Waals surface area contributed by atoms with Crippen LogP contribution in [0.15, 0.2) is 71.9 Å². The molecule has 4 rings (SSSR count). The number of hydrogen-bond donors (Lipinski definition) is 2. The third-order valence-corrected chi connectivity index (χ3v) is 7.85. The molecule has 2 aliphatic rings. The van der Waals surface area contributed by atoms with Crippen LogP contribution in [0.1, 0.15) is 17.2 Å². The van der Waals surface area contributed by atoms with E-state index < -0.39 is 52.9 Å². The van der Waals surface area contributed by atoms with Crippen LogP contribution in [-0.2, 0) is 34.7 Å². The van der Waals surface area contributed by atoms with Crippen LogP contribution >= 0.6 is 0 Å². The molecule has 1 unspecified atom stereocenters. The molecule has 2 aliphatic heterocycles. The first-order chi connectivity index (χ1) is 18.4. The van der Waals surface area contributed by atoms with Gasteiger partial charge < -0.3 is 24.8 Å². The maximum absolute atomic E-state index is 13.7. The maximum atomic E-state index is 13.7. The molecule has 2 N–H and O–H groups in total. The van der Waals surface area contributed by atoms with Crippen molar-refractivity contribution in [3.05, 3.63) is 83.1 Å². The van der Waals surface area contributed by atoms with E-state index >= 15 is 0 Å². The zero-order chi connectivity index (χ0) is 27.2. The highest BCUT2D eigenvalue weighted by molar-refractivity contribution is 7.86. The molecule has 11 nitrogen and oxygen atoms in total. The Morgan fingerprint density at radius 2 is 1.76 bits per heavy atom. The Bertz CT molecular complexity index is 1210. The Labute approximate surface area is 221 Å². The summed E-state index contributed by atoms with van der Waals surface area (Å²) in [6.07, 6.45) is -1.24. The van der Waals surface area contributed by atoms with E-state index in [-0.39, 0.29) is 30.2 Å². The quantitative estimate of drug-likeness (QED) is 0.254. The number of carbonyl (C=O) groups is 4. The van der Waals surface area contributed by atoms with Crippen LogP contribution in [0.2, 0.25) is 0 Å². The molecule has 12 heteroatoms. The van der Waals surface area contributed by atoms with Crippen molar-refractivity contribution in [2.45, 2.75) is 17.5 Å². The number of aliphatic hydroxyl groups excluding tert-OH is 1. The van der Waals surface area contributed by atoms with Crippen LogP contribution in [0, 0.1) is 0 Å². The third-order valence-electron chi connectivity index (χ3n) is 6.19. The third kappa shape index (κ3) is 5.46. The van der Waals surface area contributed by atoms with E-state index in [0.29, 0.717) is 17.5 Å². The lowest BCUT2D eigenvalue weighted by Crippen LogP contribution is -2.73. The van der Waals surface area contributed by atoms with Gasteiger partial charge in [-0.2, -0.15) is 0 Å². The van der Waals surface area contributed by atoms with Crippen molar-refractivity contribution < 1.29 is 38.0 Å². The van der Waals surface area contributed by atoms with Crippen molar-refractivity contribution in [3.8, 4) is 0 Å². The monoisotopic (exact) mass is 541 g/mol. The summed E-state index contributed by atoms with van der Waals surface area (Å²) >= 11 is 0. The number of likely N-dealkylation sites (N-methyl/N-ethyl adjacent to an activating group) is 1. The minimum Gasteiger partial charge on any atom is -0.448 e. The number of benzene rings is 2. The highest BCUT2D eigenvalue weighted by Crippen LogP contribution is 2.37. The first kappa shape index (κ1) is 27.0. The molecular formula is C26H27N3O8S. The summed E-state index contributed by atoms with van der Waals surface area (Å²) in [4.78, 5) is 52.1. The molecular weight excluding hydrogens is 514 g/mol. The molecule has 1 fully saturated rings.